The molecule has 0 amide bonds. The average Bonchev–Trinajstić information content (AvgIpc) is 2.09. The molecule has 1 atom stereocenters. The van der Waals surface area contributed by atoms with E-state index < -0.39 is 0 Å². The standard InChI is InChI=1S/C10H22N2/c1-10-6-3-4-8-12(10)9-5-7-11-2/h10-11H,3-9H2,1-2H3/t10-/m1/s1. The van der Waals surface area contributed by atoms with Gasteiger partial charge in [-0.25, -0.2) is 0 Å². The van der Waals surface area contributed by atoms with E-state index in [9.17, 15) is 0 Å². The molecule has 1 rings (SSSR count). The van der Waals surface area contributed by atoms with Gasteiger partial charge < -0.3 is 10.2 Å². The summed E-state index contributed by atoms with van der Waals surface area (Å²) in [6, 6.07) is 0.829. The molecule has 12 heavy (non-hydrogen) atoms. The fourth-order valence-electron chi connectivity index (χ4n) is 1.95. The van der Waals surface area contributed by atoms with Crippen LogP contribution in [0.5, 0.6) is 0 Å². The zero-order valence-electron chi connectivity index (χ0n) is 8.47. The Hall–Kier alpha value is -0.0800. The number of piperidine rings is 1. The first kappa shape index (κ1) is 10.0. The second-order valence-electron chi connectivity index (χ2n) is 3.84. The molecule has 1 saturated heterocycles. The molecule has 2 nitrogen and oxygen atoms in total. The number of hydrogen-bond donors (Lipinski definition) is 1. The Labute approximate surface area is 76.3 Å². The second-order valence-corrected chi connectivity index (χ2v) is 3.84. The first-order valence-corrected chi connectivity index (χ1v) is 5.23. The third-order valence-electron chi connectivity index (χ3n) is 2.81. The number of rotatable bonds is 4. The first-order chi connectivity index (χ1) is 5.84. The lowest BCUT2D eigenvalue weighted by molar-refractivity contribution is 0.159. The molecule has 0 bridgehead atoms. The molecule has 2 heteroatoms. The maximum Gasteiger partial charge on any atom is 0.00669 e. The van der Waals surface area contributed by atoms with Crippen LogP contribution in [0.25, 0.3) is 0 Å². The molecule has 0 radical (unpaired) electrons. The van der Waals surface area contributed by atoms with E-state index in [-0.39, 0.29) is 0 Å². The van der Waals surface area contributed by atoms with Crippen LogP contribution < -0.4 is 5.32 Å². The van der Waals surface area contributed by atoms with Crippen LogP contribution in [-0.4, -0.2) is 37.6 Å². The Balaban J connectivity index is 2.11. The van der Waals surface area contributed by atoms with Gasteiger partial charge in [0.15, 0.2) is 0 Å². The highest BCUT2D eigenvalue weighted by Gasteiger charge is 2.16. The van der Waals surface area contributed by atoms with Crippen LogP contribution in [0.1, 0.15) is 32.6 Å². The summed E-state index contributed by atoms with van der Waals surface area (Å²) in [6.07, 6.45) is 5.54. The summed E-state index contributed by atoms with van der Waals surface area (Å²) in [5, 5.41) is 3.20. The quantitative estimate of drug-likeness (QED) is 0.643. The van der Waals surface area contributed by atoms with E-state index in [1.165, 1.54) is 38.8 Å². The molecular formula is C10H22N2. The minimum Gasteiger partial charge on any atom is -0.320 e. The predicted octanol–water partition coefficient (Wildman–Crippen LogP) is 1.47. The molecule has 0 spiro atoms. The van der Waals surface area contributed by atoms with Crippen molar-refractivity contribution in [3.05, 3.63) is 0 Å². The Kier molecular flexibility index (Phi) is 4.62. The van der Waals surface area contributed by atoms with Crippen LogP contribution >= 0.6 is 0 Å². The maximum absolute atomic E-state index is 3.20. The normalized spacial score (nSPS) is 26.0. The highest BCUT2D eigenvalue weighted by atomic mass is 15.2. The summed E-state index contributed by atoms with van der Waals surface area (Å²) >= 11 is 0. The molecule has 1 N–H and O–H groups in total. The van der Waals surface area contributed by atoms with Gasteiger partial charge in [0.1, 0.15) is 0 Å². The summed E-state index contributed by atoms with van der Waals surface area (Å²) in [7, 11) is 2.03. The van der Waals surface area contributed by atoms with Gasteiger partial charge in [-0.05, 0) is 52.9 Å². The molecular weight excluding hydrogens is 148 g/mol. The molecule has 1 heterocycles. The van der Waals surface area contributed by atoms with Crippen molar-refractivity contribution in [2.24, 2.45) is 0 Å². The summed E-state index contributed by atoms with van der Waals surface area (Å²) < 4.78 is 0. The van der Waals surface area contributed by atoms with Crippen molar-refractivity contribution in [1.29, 1.82) is 0 Å². The van der Waals surface area contributed by atoms with E-state index in [0.29, 0.717) is 0 Å². The fourth-order valence-corrected chi connectivity index (χ4v) is 1.95. The van der Waals surface area contributed by atoms with Crippen molar-refractivity contribution < 1.29 is 0 Å². The minimum atomic E-state index is 0.829. The van der Waals surface area contributed by atoms with Gasteiger partial charge in [0, 0.05) is 6.04 Å². The molecule has 0 aromatic heterocycles. The molecule has 0 aromatic rings. The van der Waals surface area contributed by atoms with Gasteiger partial charge in [0.05, 0.1) is 0 Å². The number of likely N-dealkylation sites (tertiary alicyclic amines) is 1. The first-order valence-electron chi connectivity index (χ1n) is 5.23. The number of hydrogen-bond acceptors (Lipinski definition) is 2. The van der Waals surface area contributed by atoms with Crippen molar-refractivity contribution in [2.45, 2.75) is 38.6 Å². The zero-order valence-corrected chi connectivity index (χ0v) is 8.47. The fraction of sp³-hybridized carbons (Fsp3) is 1.00. The highest BCUT2D eigenvalue weighted by molar-refractivity contribution is 4.72. The monoisotopic (exact) mass is 170 g/mol. The van der Waals surface area contributed by atoms with E-state index in [0.717, 1.165) is 12.6 Å². The predicted molar refractivity (Wildman–Crippen MR) is 53.4 cm³/mol. The van der Waals surface area contributed by atoms with Gasteiger partial charge in [0.2, 0.25) is 0 Å². The van der Waals surface area contributed by atoms with Gasteiger partial charge in [0.25, 0.3) is 0 Å². The van der Waals surface area contributed by atoms with Crippen molar-refractivity contribution >= 4 is 0 Å². The Morgan fingerprint density at radius 3 is 2.92 bits per heavy atom. The van der Waals surface area contributed by atoms with Gasteiger partial charge in [-0.1, -0.05) is 6.42 Å². The van der Waals surface area contributed by atoms with Crippen molar-refractivity contribution in [3.63, 3.8) is 0 Å². The van der Waals surface area contributed by atoms with Crippen molar-refractivity contribution in [1.82, 2.24) is 10.2 Å². The van der Waals surface area contributed by atoms with Gasteiger partial charge in [-0.15, -0.1) is 0 Å². The number of nitrogens with zero attached hydrogens (tertiary/aromatic N) is 1. The lowest BCUT2D eigenvalue weighted by Gasteiger charge is -2.33. The maximum atomic E-state index is 3.20. The summed E-state index contributed by atoms with van der Waals surface area (Å²) in [5.41, 5.74) is 0. The molecule has 1 aliphatic rings. The van der Waals surface area contributed by atoms with Crippen LogP contribution in [0.3, 0.4) is 0 Å². The van der Waals surface area contributed by atoms with Crippen LogP contribution in [0.15, 0.2) is 0 Å². The summed E-state index contributed by atoms with van der Waals surface area (Å²) in [6.45, 7) is 6.12. The SMILES string of the molecule is CNCCCN1CCCC[C@H]1C. The van der Waals surface area contributed by atoms with Crippen molar-refractivity contribution in [3.8, 4) is 0 Å². The van der Waals surface area contributed by atoms with Gasteiger partial charge >= 0.3 is 0 Å². The molecule has 72 valence electrons. The summed E-state index contributed by atoms with van der Waals surface area (Å²) in [4.78, 5) is 2.63. The minimum absolute atomic E-state index is 0.829. The second kappa shape index (κ2) is 5.55. The van der Waals surface area contributed by atoms with E-state index in [4.69, 9.17) is 0 Å². The van der Waals surface area contributed by atoms with Crippen molar-refractivity contribution in [2.75, 3.05) is 26.7 Å². The largest absolute Gasteiger partial charge is 0.320 e. The van der Waals surface area contributed by atoms with Crippen LogP contribution in [0.2, 0.25) is 0 Å². The molecule has 0 unspecified atom stereocenters. The van der Waals surface area contributed by atoms with Gasteiger partial charge in [-0.2, -0.15) is 0 Å². The zero-order chi connectivity index (χ0) is 8.81. The molecule has 0 aliphatic carbocycles. The van der Waals surface area contributed by atoms with E-state index in [2.05, 4.69) is 17.1 Å². The Bertz CT molecular complexity index is 114. The highest BCUT2D eigenvalue weighted by Crippen LogP contribution is 2.15. The van der Waals surface area contributed by atoms with E-state index >= 15 is 0 Å². The smallest absolute Gasteiger partial charge is 0.00669 e. The molecule has 0 aromatic carbocycles. The molecule has 1 aliphatic heterocycles. The lowest BCUT2D eigenvalue weighted by Crippen LogP contribution is -2.38. The summed E-state index contributed by atoms with van der Waals surface area (Å²) in [5.74, 6) is 0. The Morgan fingerprint density at radius 1 is 1.42 bits per heavy atom. The van der Waals surface area contributed by atoms with Gasteiger partial charge in [-0.3, -0.25) is 0 Å². The number of nitrogens with one attached hydrogen (secondary N) is 1. The average molecular weight is 170 g/mol. The third-order valence-corrected chi connectivity index (χ3v) is 2.81. The third kappa shape index (κ3) is 3.11. The Morgan fingerprint density at radius 2 is 2.25 bits per heavy atom. The van der Waals surface area contributed by atoms with Crippen LogP contribution in [0.4, 0.5) is 0 Å². The molecule has 0 saturated carbocycles. The molecule has 1 fully saturated rings. The van der Waals surface area contributed by atoms with Crippen LogP contribution in [0, 0.1) is 0 Å². The van der Waals surface area contributed by atoms with E-state index in [1.54, 1.807) is 0 Å². The van der Waals surface area contributed by atoms with E-state index in [1.807, 2.05) is 7.05 Å². The topological polar surface area (TPSA) is 15.3 Å². The lowest BCUT2D eigenvalue weighted by atomic mass is 10.0. The van der Waals surface area contributed by atoms with Crippen LogP contribution in [-0.2, 0) is 0 Å².